The highest BCUT2D eigenvalue weighted by atomic mass is 16.2. The summed E-state index contributed by atoms with van der Waals surface area (Å²) in [6.45, 7) is 4.35. The highest BCUT2D eigenvalue weighted by Gasteiger charge is 2.40. The molecule has 3 rings (SSSR count). The Balaban J connectivity index is 1.58. The van der Waals surface area contributed by atoms with Crippen molar-refractivity contribution in [2.75, 3.05) is 33.3 Å². The number of hydrogen-bond acceptors (Lipinski definition) is 3. The monoisotopic (exact) mass is 294 g/mol. The van der Waals surface area contributed by atoms with Gasteiger partial charge >= 0.3 is 0 Å². The van der Waals surface area contributed by atoms with Crippen molar-refractivity contribution in [2.45, 2.75) is 69.9 Å². The van der Waals surface area contributed by atoms with Gasteiger partial charge in [-0.3, -0.25) is 4.90 Å². The van der Waals surface area contributed by atoms with Crippen molar-refractivity contribution in [3.05, 3.63) is 0 Å². The number of fused-ring (bicyclic) bond motifs is 2. The maximum absolute atomic E-state index is 9.03. The van der Waals surface area contributed by atoms with Gasteiger partial charge in [0.1, 0.15) is 0 Å². The molecule has 0 spiro atoms. The van der Waals surface area contributed by atoms with Crippen LogP contribution in [0.15, 0.2) is 0 Å². The largest absolute Gasteiger partial charge is 0.396 e. The van der Waals surface area contributed by atoms with Crippen LogP contribution in [0.25, 0.3) is 0 Å². The first-order valence-corrected chi connectivity index (χ1v) is 9.33. The molecule has 21 heavy (non-hydrogen) atoms. The molecule has 1 saturated carbocycles. The second kappa shape index (κ2) is 7.43. The summed E-state index contributed by atoms with van der Waals surface area (Å²) in [6.07, 6.45) is 12.2. The van der Waals surface area contributed by atoms with Crippen molar-refractivity contribution >= 4 is 0 Å². The summed E-state index contributed by atoms with van der Waals surface area (Å²) < 4.78 is 0. The van der Waals surface area contributed by atoms with Gasteiger partial charge in [0.25, 0.3) is 0 Å². The summed E-state index contributed by atoms with van der Waals surface area (Å²) >= 11 is 0. The third kappa shape index (κ3) is 3.80. The summed E-state index contributed by atoms with van der Waals surface area (Å²) in [5.41, 5.74) is 0. The summed E-state index contributed by atoms with van der Waals surface area (Å²) in [6, 6.07) is 1.66. The van der Waals surface area contributed by atoms with Crippen LogP contribution in [0.5, 0.6) is 0 Å². The first-order valence-electron chi connectivity index (χ1n) is 9.33. The molecule has 0 amide bonds. The molecule has 1 unspecified atom stereocenters. The number of aliphatic hydroxyl groups excluding tert-OH is 1. The van der Waals surface area contributed by atoms with Gasteiger partial charge in [-0.15, -0.1) is 0 Å². The van der Waals surface area contributed by atoms with Crippen molar-refractivity contribution in [1.29, 1.82) is 0 Å². The predicted octanol–water partition coefficient (Wildman–Crippen LogP) is 2.73. The number of likely N-dealkylation sites (tertiary alicyclic amines) is 2. The zero-order chi connectivity index (χ0) is 14.7. The van der Waals surface area contributed by atoms with Gasteiger partial charge in [0.2, 0.25) is 0 Å². The summed E-state index contributed by atoms with van der Waals surface area (Å²) in [4.78, 5) is 5.50. The summed E-state index contributed by atoms with van der Waals surface area (Å²) in [5.74, 6) is 1.79. The van der Waals surface area contributed by atoms with E-state index in [0.29, 0.717) is 6.61 Å². The number of aliphatic hydroxyl groups is 1. The average Bonchev–Trinajstić information content (AvgIpc) is 2.51. The fourth-order valence-corrected chi connectivity index (χ4v) is 5.26. The third-order valence-electron chi connectivity index (χ3n) is 6.25. The van der Waals surface area contributed by atoms with Crippen molar-refractivity contribution in [2.24, 2.45) is 11.8 Å². The molecule has 0 radical (unpaired) electrons. The van der Waals surface area contributed by atoms with Crippen LogP contribution in [0.1, 0.15) is 57.8 Å². The fraction of sp³-hybridized carbons (Fsp3) is 1.00. The summed E-state index contributed by atoms with van der Waals surface area (Å²) in [7, 11) is 2.33. The molecule has 2 aliphatic heterocycles. The number of rotatable bonds is 5. The van der Waals surface area contributed by atoms with E-state index in [9.17, 15) is 0 Å². The number of piperidine rings is 2. The van der Waals surface area contributed by atoms with Crippen molar-refractivity contribution < 1.29 is 5.11 Å². The minimum Gasteiger partial charge on any atom is -0.396 e. The Hall–Kier alpha value is -0.120. The molecule has 3 aliphatic rings. The Morgan fingerprint density at radius 2 is 1.81 bits per heavy atom. The molecule has 0 aromatic rings. The van der Waals surface area contributed by atoms with Crippen LogP contribution >= 0.6 is 0 Å². The maximum atomic E-state index is 9.03. The lowest BCUT2D eigenvalue weighted by Gasteiger charge is -2.52. The van der Waals surface area contributed by atoms with Gasteiger partial charge in [0.15, 0.2) is 0 Å². The van der Waals surface area contributed by atoms with Crippen LogP contribution in [-0.4, -0.2) is 60.3 Å². The van der Waals surface area contributed by atoms with Crippen LogP contribution in [0.3, 0.4) is 0 Å². The highest BCUT2D eigenvalue weighted by molar-refractivity contribution is 4.95. The van der Waals surface area contributed by atoms with Crippen molar-refractivity contribution in [1.82, 2.24) is 9.80 Å². The van der Waals surface area contributed by atoms with E-state index >= 15 is 0 Å². The van der Waals surface area contributed by atoms with Crippen molar-refractivity contribution in [3.8, 4) is 0 Å². The van der Waals surface area contributed by atoms with E-state index in [1.807, 2.05) is 0 Å². The minimum atomic E-state index is 0.359. The van der Waals surface area contributed by atoms with Crippen LogP contribution in [0.2, 0.25) is 0 Å². The molecule has 3 fully saturated rings. The molecule has 3 nitrogen and oxygen atoms in total. The molecule has 0 aromatic carbocycles. The van der Waals surface area contributed by atoms with Gasteiger partial charge in [-0.25, -0.2) is 0 Å². The lowest BCUT2D eigenvalue weighted by Crippen LogP contribution is -2.58. The lowest BCUT2D eigenvalue weighted by atomic mass is 9.76. The smallest absolute Gasteiger partial charge is 0.0431 e. The molecule has 1 N–H and O–H groups in total. The van der Waals surface area contributed by atoms with Gasteiger partial charge < -0.3 is 10.0 Å². The van der Waals surface area contributed by atoms with E-state index in [1.54, 1.807) is 0 Å². The molecular weight excluding hydrogens is 260 g/mol. The lowest BCUT2D eigenvalue weighted by molar-refractivity contribution is -0.0264. The molecule has 2 heterocycles. The van der Waals surface area contributed by atoms with E-state index < -0.39 is 0 Å². The van der Waals surface area contributed by atoms with Gasteiger partial charge in [0.05, 0.1) is 0 Å². The quantitative estimate of drug-likeness (QED) is 0.790. The molecule has 3 atom stereocenters. The Morgan fingerprint density at radius 3 is 2.57 bits per heavy atom. The molecule has 2 saturated heterocycles. The summed E-state index contributed by atoms with van der Waals surface area (Å²) in [5, 5.41) is 9.03. The predicted molar refractivity (Wildman–Crippen MR) is 87.4 cm³/mol. The maximum Gasteiger partial charge on any atom is 0.0431 e. The second-order valence-electron chi connectivity index (χ2n) is 7.83. The van der Waals surface area contributed by atoms with Gasteiger partial charge in [-0.05, 0) is 57.4 Å². The third-order valence-corrected chi connectivity index (χ3v) is 6.25. The van der Waals surface area contributed by atoms with E-state index in [1.165, 1.54) is 71.0 Å². The van der Waals surface area contributed by atoms with Crippen LogP contribution < -0.4 is 0 Å². The topological polar surface area (TPSA) is 26.7 Å². The molecule has 1 aliphatic carbocycles. The number of nitrogens with zero attached hydrogens (tertiary/aromatic N) is 2. The average molecular weight is 294 g/mol. The molecule has 3 heteroatoms. The number of unbranched alkanes of at least 4 members (excludes halogenated alkanes) is 1. The standard InChI is InChI=1S/C18H34N2O/c1-19-12-15-11-16(18(19)9-5-6-10-21)14-20(13-15)17-7-3-2-4-8-17/h15-18,21H,2-14H2,1H3/t15-,16-,18?/m1/s1. The molecular formula is C18H34N2O. The van der Waals surface area contributed by atoms with Gasteiger partial charge in [0, 0.05) is 38.3 Å². The zero-order valence-electron chi connectivity index (χ0n) is 13.8. The van der Waals surface area contributed by atoms with E-state index in [4.69, 9.17) is 5.11 Å². The van der Waals surface area contributed by atoms with Crippen LogP contribution in [0, 0.1) is 11.8 Å². The molecule has 0 aromatic heterocycles. The first kappa shape index (κ1) is 15.8. The molecule has 2 bridgehead atoms. The van der Waals surface area contributed by atoms with E-state index in [2.05, 4.69) is 16.8 Å². The Labute approximate surface area is 130 Å². The van der Waals surface area contributed by atoms with E-state index in [-0.39, 0.29) is 0 Å². The SMILES string of the molecule is CN1C[C@H]2C[C@H](CN(C3CCCCC3)C2)C1CCCCO. The number of hydrogen-bond donors (Lipinski definition) is 1. The Bertz CT molecular complexity index is 314. The Morgan fingerprint density at radius 1 is 1.00 bits per heavy atom. The van der Waals surface area contributed by atoms with Gasteiger partial charge in [-0.2, -0.15) is 0 Å². The normalized spacial score (nSPS) is 36.0. The highest BCUT2D eigenvalue weighted by Crippen LogP contribution is 2.37. The Kier molecular flexibility index (Phi) is 5.58. The first-order chi connectivity index (χ1) is 10.3. The fourth-order valence-electron chi connectivity index (χ4n) is 5.26. The van der Waals surface area contributed by atoms with Crippen LogP contribution in [0.4, 0.5) is 0 Å². The minimum absolute atomic E-state index is 0.359. The van der Waals surface area contributed by atoms with Gasteiger partial charge in [-0.1, -0.05) is 19.3 Å². The van der Waals surface area contributed by atoms with Crippen molar-refractivity contribution in [3.63, 3.8) is 0 Å². The van der Waals surface area contributed by atoms with Crippen LogP contribution in [-0.2, 0) is 0 Å². The zero-order valence-corrected chi connectivity index (χ0v) is 13.8. The molecule has 122 valence electrons. The second-order valence-corrected chi connectivity index (χ2v) is 7.83. The van der Waals surface area contributed by atoms with E-state index in [0.717, 1.165) is 30.3 Å².